The Hall–Kier alpha value is -4.74. The summed E-state index contributed by atoms with van der Waals surface area (Å²) in [4.78, 5) is 62.7. The zero-order valence-electron chi connectivity index (χ0n) is 35.4. The van der Waals surface area contributed by atoms with E-state index in [1.54, 1.807) is 45.0 Å². The summed E-state index contributed by atoms with van der Waals surface area (Å²) in [7, 11) is -2.53. The van der Waals surface area contributed by atoms with Gasteiger partial charge in [-0.15, -0.1) is 0 Å². The summed E-state index contributed by atoms with van der Waals surface area (Å²) in [5.74, 6) is -5.83. The van der Waals surface area contributed by atoms with Gasteiger partial charge in [0.05, 0.1) is 25.0 Å². The lowest BCUT2D eigenvalue weighted by Crippen LogP contribution is -2.59. The van der Waals surface area contributed by atoms with E-state index in [1.165, 1.54) is 12.0 Å². The topological polar surface area (TPSA) is 192 Å². The van der Waals surface area contributed by atoms with Gasteiger partial charge in [0.2, 0.25) is 33.6 Å². The molecule has 1 aromatic carbocycles. The van der Waals surface area contributed by atoms with Crippen LogP contribution in [0.4, 0.5) is 13.6 Å². The van der Waals surface area contributed by atoms with E-state index in [-0.39, 0.29) is 37.1 Å². The first-order valence-electron chi connectivity index (χ1n) is 20.5. The molecule has 18 heteroatoms. The maximum Gasteiger partial charge on any atom is 0.408 e. The number of alkyl carbamates (subject to hydrolysis) is 1. The molecule has 1 saturated heterocycles. The predicted octanol–water partition coefficient (Wildman–Crippen LogP) is 5.40. The molecule has 4 aliphatic rings. The lowest BCUT2D eigenvalue weighted by molar-refractivity contribution is -0.152. The Labute approximate surface area is 349 Å². The van der Waals surface area contributed by atoms with E-state index >= 15 is 0 Å². The maximum absolute atomic E-state index is 14.9. The van der Waals surface area contributed by atoms with Crippen molar-refractivity contribution < 1.29 is 55.3 Å². The van der Waals surface area contributed by atoms with Crippen LogP contribution in [0.25, 0.3) is 10.8 Å². The Bertz CT molecular complexity index is 2140. The Morgan fingerprint density at radius 3 is 2.47 bits per heavy atom. The molecule has 4 amide bonds. The molecule has 330 valence electrons. The lowest BCUT2D eigenvalue weighted by Gasteiger charge is -2.35. The van der Waals surface area contributed by atoms with Gasteiger partial charge in [-0.3, -0.25) is 19.1 Å². The van der Waals surface area contributed by atoms with Crippen molar-refractivity contribution in [2.75, 3.05) is 20.3 Å². The molecule has 3 heterocycles. The normalized spacial score (nSPS) is 28.8. The van der Waals surface area contributed by atoms with E-state index in [0.717, 1.165) is 13.8 Å². The molecule has 0 unspecified atom stereocenters. The number of alkyl halides is 2. The summed E-state index contributed by atoms with van der Waals surface area (Å²) in [6, 6.07) is 4.38. The first-order valence-corrected chi connectivity index (χ1v) is 22.0. The third-order valence-electron chi connectivity index (χ3n) is 12.5. The Balaban J connectivity index is 1.37. The van der Waals surface area contributed by atoms with Gasteiger partial charge in [0.15, 0.2) is 5.60 Å². The van der Waals surface area contributed by atoms with Crippen LogP contribution in [0.15, 0.2) is 36.4 Å². The van der Waals surface area contributed by atoms with Crippen molar-refractivity contribution in [1.29, 1.82) is 0 Å². The van der Waals surface area contributed by atoms with Gasteiger partial charge >= 0.3 is 6.09 Å². The van der Waals surface area contributed by atoms with E-state index in [9.17, 15) is 36.4 Å². The van der Waals surface area contributed by atoms with Crippen LogP contribution in [0, 0.1) is 17.8 Å². The van der Waals surface area contributed by atoms with Gasteiger partial charge in [0.25, 0.3) is 11.8 Å². The fourth-order valence-corrected chi connectivity index (χ4v) is 9.16. The van der Waals surface area contributed by atoms with Crippen LogP contribution in [0.1, 0.15) is 93.4 Å². The van der Waals surface area contributed by atoms with E-state index in [4.69, 9.17) is 18.9 Å². The molecular weight excluding hydrogens is 805 g/mol. The molecule has 60 heavy (non-hydrogen) atoms. The number of methoxy groups -OCH3 is 1. The summed E-state index contributed by atoms with van der Waals surface area (Å²) in [6.45, 7) is 9.97. The average molecular weight is 862 g/mol. The number of amides is 4. The number of carbonyl (C=O) groups excluding carboxylic acids is 4. The highest BCUT2D eigenvalue weighted by Crippen LogP contribution is 2.48. The molecule has 2 aromatic rings. The van der Waals surface area contributed by atoms with Gasteiger partial charge in [-0.05, 0) is 102 Å². The second kappa shape index (κ2) is 16.6. The number of nitrogens with one attached hydrogen (secondary N) is 3. The van der Waals surface area contributed by atoms with Crippen LogP contribution in [0.2, 0.25) is 0 Å². The standard InChI is InChI=1S/C42H57F2N5O10S/c1-9-57-32-20-26-19-28(56-8)14-15-30(26)35(45-32)58-29-21-31-34(50)47-42(37(52)48-60(54,55)40(6)16-17-40)22-27(42)13-11-10-12-24(2)18-25(3)33(36(51)49(31)23-29)46-38(53)59-39(4,5)41(7,43)44/h11,13-15,19-20,24-25,27,29,31,33H,9-10,12,16-18,21-23H2,1-8H3,(H,46,53)(H,47,50)(H,48,52)/b13-11-/t24-,25-,27-,29-,31+,33+,42-/m1/s1. The Morgan fingerprint density at radius 1 is 1.10 bits per heavy atom. The quantitative estimate of drug-likeness (QED) is 0.245. The molecule has 0 radical (unpaired) electrons. The van der Waals surface area contributed by atoms with E-state index in [0.29, 0.717) is 62.2 Å². The second-order valence-electron chi connectivity index (χ2n) is 17.7. The number of hydrogen-bond acceptors (Lipinski definition) is 11. The van der Waals surface area contributed by atoms with Gasteiger partial charge in [-0.25, -0.2) is 22.0 Å². The zero-order chi connectivity index (χ0) is 44.0. The molecule has 7 atom stereocenters. The number of fused-ring (bicyclic) bond motifs is 3. The fraction of sp³-hybridized carbons (Fsp3) is 0.643. The molecule has 6 rings (SSSR count). The molecule has 0 spiro atoms. The van der Waals surface area contributed by atoms with Crippen molar-refractivity contribution in [2.24, 2.45) is 17.8 Å². The van der Waals surface area contributed by atoms with Crippen molar-refractivity contribution in [3.63, 3.8) is 0 Å². The molecule has 3 fully saturated rings. The van der Waals surface area contributed by atoms with Crippen LogP contribution in [-0.2, 0) is 29.1 Å². The molecule has 2 saturated carbocycles. The van der Waals surface area contributed by atoms with E-state index in [1.807, 2.05) is 19.1 Å². The average Bonchev–Trinajstić information content (AvgIpc) is 4.04. The molecule has 0 bridgehead atoms. The molecule has 2 aliphatic heterocycles. The predicted molar refractivity (Wildman–Crippen MR) is 217 cm³/mol. The minimum atomic E-state index is -4.07. The van der Waals surface area contributed by atoms with E-state index in [2.05, 4.69) is 20.3 Å². The van der Waals surface area contributed by atoms with Crippen LogP contribution in [0.5, 0.6) is 17.5 Å². The van der Waals surface area contributed by atoms with E-state index < -0.39 is 85.7 Å². The minimum Gasteiger partial charge on any atom is -0.497 e. The van der Waals surface area contributed by atoms with Gasteiger partial charge < -0.3 is 34.5 Å². The maximum atomic E-state index is 14.9. The molecule has 2 aliphatic carbocycles. The number of sulfonamides is 1. The van der Waals surface area contributed by atoms with Gasteiger partial charge in [-0.1, -0.05) is 26.0 Å². The largest absolute Gasteiger partial charge is 0.497 e. The molecule has 1 aromatic heterocycles. The van der Waals surface area contributed by atoms with Crippen molar-refractivity contribution in [3.8, 4) is 17.5 Å². The Morgan fingerprint density at radius 2 is 1.82 bits per heavy atom. The summed E-state index contributed by atoms with van der Waals surface area (Å²) < 4.78 is 79.3. The highest BCUT2D eigenvalue weighted by Gasteiger charge is 2.63. The monoisotopic (exact) mass is 861 g/mol. The third-order valence-corrected chi connectivity index (χ3v) is 14.6. The number of pyridine rings is 1. The number of halogens is 2. The van der Waals surface area contributed by atoms with Crippen molar-refractivity contribution >= 4 is 44.6 Å². The zero-order valence-corrected chi connectivity index (χ0v) is 36.2. The number of ether oxygens (including phenoxy) is 4. The van der Waals surface area contributed by atoms with Crippen molar-refractivity contribution in [3.05, 3.63) is 36.4 Å². The summed E-state index contributed by atoms with van der Waals surface area (Å²) in [5.41, 5.74) is -3.85. The lowest BCUT2D eigenvalue weighted by atomic mass is 9.88. The highest BCUT2D eigenvalue weighted by molar-refractivity contribution is 7.91. The first-order chi connectivity index (χ1) is 28.0. The van der Waals surface area contributed by atoms with Crippen LogP contribution in [-0.4, -0.2) is 102 Å². The van der Waals surface area contributed by atoms with Crippen molar-refractivity contribution in [2.45, 2.75) is 133 Å². The fourth-order valence-electron chi connectivity index (χ4n) is 7.85. The van der Waals surface area contributed by atoms with Gasteiger partial charge in [-0.2, -0.15) is 4.98 Å². The SMILES string of the molecule is CCOc1cc2cc(OC)ccc2c(O[C@@H]2C[C@H]3C(=O)N[C@]4(C(=O)NS(=O)(=O)C5(C)CC5)C[C@H]4/C=C\CC[C@@H](C)C[C@@H](C)[C@H](NC(=O)OC(C)(C)C(C)(F)F)C(=O)N3C2)n1. The number of benzene rings is 1. The number of nitrogens with zero attached hydrogens (tertiary/aromatic N) is 2. The first kappa shape index (κ1) is 44.8. The second-order valence-corrected chi connectivity index (χ2v) is 19.9. The van der Waals surface area contributed by atoms with Crippen LogP contribution < -0.4 is 29.6 Å². The van der Waals surface area contributed by atoms with Gasteiger partial charge in [0, 0.05) is 30.7 Å². The number of aromatic nitrogens is 1. The van der Waals surface area contributed by atoms with Crippen LogP contribution in [0.3, 0.4) is 0 Å². The van der Waals surface area contributed by atoms with Crippen molar-refractivity contribution in [1.82, 2.24) is 25.2 Å². The number of rotatable bonds is 11. The summed E-state index contributed by atoms with van der Waals surface area (Å²) in [6.07, 6.45) is 4.07. The highest BCUT2D eigenvalue weighted by atomic mass is 32.2. The third kappa shape index (κ3) is 9.27. The number of hydrogen-bond donors (Lipinski definition) is 3. The van der Waals surface area contributed by atoms with Gasteiger partial charge in [0.1, 0.15) is 29.5 Å². The Kier molecular flexibility index (Phi) is 12.4. The van der Waals surface area contributed by atoms with Crippen LogP contribution >= 0.6 is 0 Å². The molecule has 3 N–H and O–H groups in total. The molecule has 15 nitrogen and oxygen atoms in total. The number of allylic oxidation sites excluding steroid dienone is 1. The summed E-state index contributed by atoms with van der Waals surface area (Å²) in [5, 5.41) is 6.67. The smallest absolute Gasteiger partial charge is 0.408 e. The number of carbonyl (C=O) groups is 4. The molecular formula is C42H57F2N5O10S. The summed E-state index contributed by atoms with van der Waals surface area (Å²) >= 11 is 0. The minimum absolute atomic E-state index is 0.0109.